The van der Waals surface area contributed by atoms with Crippen LogP contribution < -0.4 is 5.73 Å². The summed E-state index contributed by atoms with van der Waals surface area (Å²) in [6, 6.07) is 5.72. The van der Waals surface area contributed by atoms with Crippen LogP contribution in [-0.2, 0) is 23.8 Å². The van der Waals surface area contributed by atoms with Crippen molar-refractivity contribution in [2.45, 2.75) is 25.3 Å². The second-order valence-electron chi connectivity index (χ2n) is 6.91. The van der Waals surface area contributed by atoms with E-state index in [1.807, 2.05) is 0 Å². The molecule has 0 radical (unpaired) electrons. The van der Waals surface area contributed by atoms with E-state index in [9.17, 15) is 14.0 Å². The number of nitrogens with zero attached hydrogens (tertiary/aromatic N) is 5. The van der Waals surface area contributed by atoms with Gasteiger partial charge < -0.3 is 10.6 Å². The Morgan fingerprint density at radius 3 is 2.71 bits per heavy atom. The molecule has 2 heterocycles. The second kappa shape index (κ2) is 6.88. The van der Waals surface area contributed by atoms with Gasteiger partial charge in [0.2, 0.25) is 5.91 Å². The van der Waals surface area contributed by atoms with Crippen molar-refractivity contribution in [3.63, 3.8) is 0 Å². The largest absolute Gasteiger partial charge is 0.369 e. The molecule has 3 rings (SSSR count). The smallest absolute Gasteiger partial charge is 0.296 e. The number of aliphatic imine (C=N–C) groups is 1. The zero-order valence-electron chi connectivity index (χ0n) is 15.7. The molecule has 0 fully saturated rings. The van der Waals surface area contributed by atoms with E-state index >= 15 is 0 Å². The lowest BCUT2D eigenvalue weighted by Crippen LogP contribution is -2.47. The standard InChI is InChI=1S/C19H19FN6O2/c1-19(10-17(28)25(3)18(21)23-19)12-7-11(5-6-13(12)20)8-15(27)14-9-16(22-2)24-26(14)4/h5-7,9H,8,10H2,1,3-4H3,(H2,21,23). The number of carbonyl (C=O) groups excluding carboxylic acids is 2. The molecule has 2 aromatic rings. The summed E-state index contributed by atoms with van der Waals surface area (Å²) in [7, 11) is 3.10. The molecule has 9 heteroatoms. The molecule has 28 heavy (non-hydrogen) atoms. The van der Waals surface area contributed by atoms with Crippen molar-refractivity contribution < 1.29 is 14.0 Å². The molecule has 0 aliphatic carbocycles. The van der Waals surface area contributed by atoms with Crippen LogP contribution in [0, 0.1) is 12.4 Å². The van der Waals surface area contributed by atoms with Gasteiger partial charge in [0.25, 0.3) is 5.82 Å². The van der Waals surface area contributed by atoms with Crippen LogP contribution in [0.1, 0.15) is 35.0 Å². The van der Waals surface area contributed by atoms with Crippen LogP contribution in [0.3, 0.4) is 0 Å². The molecule has 1 atom stereocenters. The van der Waals surface area contributed by atoms with E-state index in [-0.39, 0.29) is 41.9 Å². The zero-order valence-corrected chi connectivity index (χ0v) is 15.7. The molecule has 1 aromatic heterocycles. The highest BCUT2D eigenvalue weighted by Gasteiger charge is 2.38. The SMILES string of the molecule is [C-]#[N+]c1cc(C(=O)Cc2ccc(F)c(C3(C)CC(=O)N(C)C(N)=N3)c2)n(C)n1. The number of ketones is 1. The Kier molecular flexibility index (Phi) is 4.73. The predicted octanol–water partition coefficient (Wildman–Crippen LogP) is 1.93. The van der Waals surface area contributed by atoms with Gasteiger partial charge in [-0.15, -0.1) is 0 Å². The lowest BCUT2D eigenvalue weighted by molar-refractivity contribution is -0.128. The van der Waals surface area contributed by atoms with E-state index in [1.54, 1.807) is 14.0 Å². The molecule has 1 amide bonds. The lowest BCUT2D eigenvalue weighted by Gasteiger charge is -2.34. The van der Waals surface area contributed by atoms with Gasteiger partial charge >= 0.3 is 0 Å². The van der Waals surface area contributed by atoms with Crippen molar-refractivity contribution in [3.8, 4) is 0 Å². The summed E-state index contributed by atoms with van der Waals surface area (Å²) in [6.45, 7) is 8.63. The van der Waals surface area contributed by atoms with Crippen LogP contribution in [0.5, 0.6) is 0 Å². The first-order chi connectivity index (χ1) is 13.1. The molecule has 0 bridgehead atoms. The average molecular weight is 382 g/mol. The Bertz CT molecular complexity index is 1050. The number of halogens is 1. The molecule has 1 aromatic carbocycles. The van der Waals surface area contributed by atoms with Crippen LogP contribution in [-0.4, -0.2) is 39.4 Å². The number of hydrogen-bond donors (Lipinski definition) is 1. The summed E-state index contributed by atoms with van der Waals surface area (Å²) in [4.78, 5) is 33.5. The summed E-state index contributed by atoms with van der Waals surface area (Å²) in [5.74, 6) is -0.898. The van der Waals surface area contributed by atoms with Crippen molar-refractivity contribution in [3.05, 3.63) is 58.3 Å². The molecule has 0 saturated heterocycles. The van der Waals surface area contributed by atoms with Crippen molar-refractivity contribution >= 4 is 23.5 Å². The number of hydrogen-bond acceptors (Lipinski definition) is 5. The monoisotopic (exact) mass is 382 g/mol. The van der Waals surface area contributed by atoms with Gasteiger partial charge in [0.1, 0.15) is 11.5 Å². The number of rotatable bonds is 4. The highest BCUT2D eigenvalue weighted by atomic mass is 19.1. The molecule has 2 N–H and O–H groups in total. The minimum Gasteiger partial charge on any atom is -0.369 e. The van der Waals surface area contributed by atoms with E-state index in [4.69, 9.17) is 12.3 Å². The van der Waals surface area contributed by atoms with E-state index in [1.165, 1.54) is 40.9 Å². The maximum atomic E-state index is 14.6. The van der Waals surface area contributed by atoms with Gasteiger partial charge in [0, 0.05) is 19.0 Å². The average Bonchev–Trinajstić information content (AvgIpc) is 3.02. The molecule has 8 nitrogen and oxygen atoms in total. The molecule has 0 saturated carbocycles. The minimum absolute atomic E-state index is 0.00657. The minimum atomic E-state index is -1.15. The van der Waals surface area contributed by atoms with Gasteiger partial charge in [-0.25, -0.2) is 9.38 Å². The first kappa shape index (κ1) is 19.2. The van der Waals surface area contributed by atoms with Crippen LogP contribution in [0.4, 0.5) is 10.2 Å². The summed E-state index contributed by atoms with van der Waals surface area (Å²) in [5, 5.41) is 3.94. The molecular formula is C19H19FN6O2. The third-order valence-electron chi connectivity index (χ3n) is 4.82. The maximum absolute atomic E-state index is 14.6. The van der Waals surface area contributed by atoms with Crippen LogP contribution in [0.25, 0.3) is 4.85 Å². The Morgan fingerprint density at radius 2 is 2.11 bits per heavy atom. The van der Waals surface area contributed by atoms with Crippen molar-refractivity contribution in [2.75, 3.05) is 7.05 Å². The maximum Gasteiger partial charge on any atom is 0.296 e. The van der Waals surface area contributed by atoms with Gasteiger partial charge in [0.05, 0.1) is 19.0 Å². The first-order valence-corrected chi connectivity index (χ1v) is 8.50. The van der Waals surface area contributed by atoms with Gasteiger partial charge in [-0.2, -0.15) is 4.68 Å². The number of benzene rings is 1. The molecule has 1 unspecified atom stereocenters. The first-order valence-electron chi connectivity index (χ1n) is 8.50. The second-order valence-corrected chi connectivity index (χ2v) is 6.91. The fourth-order valence-corrected chi connectivity index (χ4v) is 3.20. The number of Topliss-reactive ketones (excluding diaryl/α,β-unsaturated/α-hetero) is 1. The van der Waals surface area contributed by atoms with E-state index < -0.39 is 11.4 Å². The topological polar surface area (TPSA) is 97.9 Å². The molecular weight excluding hydrogens is 363 g/mol. The van der Waals surface area contributed by atoms with Gasteiger partial charge in [0.15, 0.2) is 11.7 Å². The Hall–Kier alpha value is -3.54. The molecule has 144 valence electrons. The number of nitrogens with two attached hydrogens (primary N) is 1. The van der Waals surface area contributed by atoms with E-state index in [0.29, 0.717) is 11.3 Å². The van der Waals surface area contributed by atoms with Crippen LogP contribution in [0.15, 0.2) is 29.3 Å². The fraction of sp³-hybridized carbons (Fsp3) is 0.316. The number of carbonyl (C=O) groups is 2. The highest BCUT2D eigenvalue weighted by Crippen LogP contribution is 2.35. The van der Waals surface area contributed by atoms with Crippen molar-refractivity contribution in [1.82, 2.24) is 14.7 Å². The third kappa shape index (κ3) is 3.36. The fourth-order valence-electron chi connectivity index (χ4n) is 3.20. The Labute approximate surface area is 161 Å². The lowest BCUT2D eigenvalue weighted by atomic mass is 9.85. The third-order valence-corrected chi connectivity index (χ3v) is 4.82. The summed E-state index contributed by atoms with van der Waals surface area (Å²) < 4.78 is 15.9. The molecule has 0 spiro atoms. The number of aryl methyl sites for hydroxylation is 1. The number of amides is 1. The van der Waals surface area contributed by atoms with Gasteiger partial charge in [-0.1, -0.05) is 12.6 Å². The molecule has 1 aliphatic rings. The predicted molar refractivity (Wildman–Crippen MR) is 100 cm³/mol. The van der Waals surface area contributed by atoms with Gasteiger partial charge in [-0.05, 0) is 35.8 Å². The highest BCUT2D eigenvalue weighted by molar-refractivity contribution is 5.99. The normalized spacial score (nSPS) is 19.3. The molecule has 1 aliphatic heterocycles. The summed E-state index contributed by atoms with van der Waals surface area (Å²) >= 11 is 0. The number of aromatic nitrogens is 2. The van der Waals surface area contributed by atoms with Crippen molar-refractivity contribution in [1.29, 1.82) is 0 Å². The van der Waals surface area contributed by atoms with E-state index in [2.05, 4.69) is 14.9 Å². The summed E-state index contributed by atoms with van der Waals surface area (Å²) in [6.07, 6.45) is -0.0397. The zero-order chi connectivity index (χ0) is 20.6. The van der Waals surface area contributed by atoms with Crippen LogP contribution in [0.2, 0.25) is 0 Å². The van der Waals surface area contributed by atoms with Crippen LogP contribution >= 0.6 is 0 Å². The number of guanidine groups is 1. The summed E-state index contributed by atoms with van der Waals surface area (Å²) in [5.41, 5.74) is 5.71. The Balaban J connectivity index is 1.94. The van der Waals surface area contributed by atoms with Gasteiger partial charge in [-0.3, -0.25) is 14.5 Å². The quantitative estimate of drug-likeness (QED) is 0.645. The Morgan fingerprint density at radius 1 is 1.39 bits per heavy atom. The van der Waals surface area contributed by atoms with Crippen molar-refractivity contribution in [2.24, 2.45) is 17.8 Å². The van der Waals surface area contributed by atoms with E-state index in [0.717, 1.165) is 0 Å².